The average molecular weight is 235 g/mol. The Balaban J connectivity index is 3.11. The second kappa shape index (κ2) is 3.99. The van der Waals surface area contributed by atoms with Gasteiger partial charge in [-0.2, -0.15) is 13.2 Å². The lowest BCUT2D eigenvalue weighted by Crippen LogP contribution is -2.22. The van der Waals surface area contributed by atoms with Crippen LogP contribution < -0.4 is 0 Å². The molecule has 1 aromatic heterocycles. The van der Waals surface area contributed by atoms with Crippen LogP contribution in [0, 0.1) is 0 Å². The Morgan fingerprint density at radius 1 is 1.38 bits per heavy atom. The lowest BCUT2D eigenvalue weighted by molar-refractivity contribution is -0.0885. The molecule has 0 radical (unpaired) electrons. The van der Waals surface area contributed by atoms with Gasteiger partial charge in [0.15, 0.2) is 0 Å². The minimum absolute atomic E-state index is 0.116. The van der Waals surface area contributed by atoms with E-state index in [-0.39, 0.29) is 5.69 Å². The van der Waals surface area contributed by atoms with Gasteiger partial charge >= 0.3 is 12.1 Å². The Bertz CT molecular complexity index is 434. The Labute approximate surface area is 88.6 Å². The van der Waals surface area contributed by atoms with Gasteiger partial charge < -0.3 is 9.30 Å². The third-order valence-corrected chi connectivity index (χ3v) is 1.92. The first-order valence-corrected chi connectivity index (χ1v) is 4.13. The highest BCUT2D eigenvalue weighted by atomic mass is 19.4. The fourth-order valence-corrected chi connectivity index (χ4v) is 1.16. The average Bonchev–Trinajstić information content (AvgIpc) is 2.56. The first kappa shape index (κ1) is 12.3. The van der Waals surface area contributed by atoms with Gasteiger partial charge in [0.25, 0.3) is 5.78 Å². The number of ketones is 1. The van der Waals surface area contributed by atoms with Crippen molar-refractivity contribution >= 4 is 11.8 Å². The summed E-state index contributed by atoms with van der Waals surface area (Å²) in [6.07, 6.45) is -4.02. The topological polar surface area (TPSA) is 48.3 Å². The third-order valence-electron chi connectivity index (χ3n) is 1.92. The number of methoxy groups -OCH3 is 1. The number of esters is 1. The zero-order valence-electron chi connectivity index (χ0n) is 8.46. The van der Waals surface area contributed by atoms with E-state index in [9.17, 15) is 22.8 Å². The smallest absolute Gasteiger partial charge is 0.454 e. The van der Waals surface area contributed by atoms with Crippen molar-refractivity contribution in [1.29, 1.82) is 0 Å². The summed E-state index contributed by atoms with van der Waals surface area (Å²) in [6.45, 7) is 0. The minimum Gasteiger partial charge on any atom is -0.464 e. The van der Waals surface area contributed by atoms with E-state index in [1.807, 2.05) is 0 Å². The highest BCUT2D eigenvalue weighted by Crippen LogP contribution is 2.22. The summed E-state index contributed by atoms with van der Waals surface area (Å²) >= 11 is 0. The van der Waals surface area contributed by atoms with Crippen molar-refractivity contribution in [3.05, 3.63) is 23.5 Å². The quantitative estimate of drug-likeness (QED) is 0.577. The van der Waals surface area contributed by atoms with Crippen LogP contribution in [0.1, 0.15) is 20.8 Å². The Morgan fingerprint density at radius 2 is 1.94 bits per heavy atom. The molecule has 1 aromatic rings. The summed E-state index contributed by atoms with van der Waals surface area (Å²) in [5.74, 6) is -2.79. The molecule has 4 nitrogen and oxygen atoms in total. The summed E-state index contributed by atoms with van der Waals surface area (Å²) in [4.78, 5) is 21.9. The molecule has 0 aliphatic carbocycles. The Morgan fingerprint density at radius 3 is 2.38 bits per heavy atom. The molecule has 1 rings (SSSR count). The molecule has 0 unspecified atom stereocenters. The van der Waals surface area contributed by atoms with Gasteiger partial charge in [-0.1, -0.05) is 0 Å². The van der Waals surface area contributed by atoms with Crippen molar-refractivity contribution in [3.63, 3.8) is 0 Å². The summed E-state index contributed by atoms with van der Waals surface area (Å²) < 4.78 is 41.7. The first-order chi connectivity index (χ1) is 7.27. The van der Waals surface area contributed by atoms with Crippen molar-refractivity contribution in [3.8, 4) is 0 Å². The Hall–Kier alpha value is -1.79. The standard InChI is InChI=1S/C9H8F3NO3/c1-13-4-5(7(14)9(10,11)12)3-6(13)8(15)16-2/h3-4H,1-2H3. The summed E-state index contributed by atoms with van der Waals surface area (Å²) in [7, 11) is 2.44. The number of Topliss-reactive ketones (excluding diaryl/α,β-unsaturated/α-hetero) is 1. The Kier molecular flexibility index (Phi) is 3.06. The minimum atomic E-state index is -4.95. The SMILES string of the molecule is COC(=O)c1cc(C(=O)C(F)(F)F)cn1C. The molecule has 0 atom stereocenters. The van der Waals surface area contributed by atoms with E-state index in [1.54, 1.807) is 0 Å². The molecule has 0 amide bonds. The molecule has 88 valence electrons. The van der Waals surface area contributed by atoms with E-state index in [0.29, 0.717) is 0 Å². The monoisotopic (exact) mass is 235 g/mol. The number of nitrogens with zero attached hydrogens (tertiary/aromatic N) is 1. The molecule has 16 heavy (non-hydrogen) atoms. The lowest BCUT2D eigenvalue weighted by atomic mass is 10.2. The number of carbonyl (C=O) groups is 2. The zero-order valence-corrected chi connectivity index (χ0v) is 8.46. The van der Waals surface area contributed by atoms with E-state index in [4.69, 9.17) is 0 Å². The van der Waals surface area contributed by atoms with Crippen LogP contribution in [0.25, 0.3) is 0 Å². The van der Waals surface area contributed by atoms with Crippen LogP contribution in [-0.4, -0.2) is 29.6 Å². The van der Waals surface area contributed by atoms with Gasteiger partial charge in [0.2, 0.25) is 0 Å². The highest BCUT2D eigenvalue weighted by Gasteiger charge is 2.40. The van der Waals surface area contributed by atoms with Crippen LogP contribution in [0.2, 0.25) is 0 Å². The van der Waals surface area contributed by atoms with Crippen molar-refractivity contribution in [2.45, 2.75) is 6.18 Å². The number of alkyl halides is 3. The molecule has 0 saturated heterocycles. The third kappa shape index (κ3) is 2.23. The number of halogens is 3. The molecular formula is C9H8F3NO3. The molecule has 0 N–H and O–H groups in total. The number of aryl methyl sites for hydroxylation is 1. The second-order valence-corrected chi connectivity index (χ2v) is 3.04. The van der Waals surface area contributed by atoms with Crippen LogP contribution in [0.3, 0.4) is 0 Å². The number of ether oxygens (including phenoxy) is 1. The molecule has 7 heteroatoms. The van der Waals surface area contributed by atoms with Gasteiger partial charge in [0, 0.05) is 18.8 Å². The van der Waals surface area contributed by atoms with Gasteiger partial charge in [-0.15, -0.1) is 0 Å². The van der Waals surface area contributed by atoms with Crippen LogP contribution in [0.15, 0.2) is 12.3 Å². The van der Waals surface area contributed by atoms with Crippen LogP contribution in [0.5, 0.6) is 0 Å². The second-order valence-electron chi connectivity index (χ2n) is 3.04. The maximum absolute atomic E-state index is 12.1. The number of hydrogen-bond acceptors (Lipinski definition) is 3. The van der Waals surface area contributed by atoms with Crippen LogP contribution in [-0.2, 0) is 11.8 Å². The van der Waals surface area contributed by atoms with Crippen molar-refractivity contribution in [2.75, 3.05) is 7.11 Å². The molecule has 0 fully saturated rings. The largest absolute Gasteiger partial charge is 0.464 e. The predicted octanol–water partition coefficient (Wildman–Crippen LogP) is 1.56. The van der Waals surface area contributed by atoms with Gasteiger partial charge in [0.05, 0.1) is 7.11 Å². The molecule has 0 spiro atoms. The van der Waals surface area contributed by atoms with E-state index in [0.717, 1.165) is 23.9 Å². The zero-order chi connectivity index (χ0) is 12.5. The predicted molar refractivity (Wildman–Crippen MR) is 47.1 cm³/mol. The van der Waals surface area contributed by atoms with E-state index in [2.05, 4.69) is 4.74 Å². The fraction of sp³-hybridized carbons (Fsp3) is 0.333. The maximum atomic E-state index is 12.1. The molecule has 1 heterocycles. The lowest BCUT2D eigenvalue weighted by Gasteiger charge is -2.01. The van der Waals surface area contributed by atoms with E-state index >= 15 is 0 Å². The van der Waals surface area contributed by atoms with Crippen molar-refractivity contribution < 1.29 is 27.5 Å². The van der Waals surface area contributed by atoms with Gasteiger partial charge in [-0.25, -0.2) is 4.79 Å². The van der Waals surface area contributed by atoms with Gasteiger partial charge in [-0.05, 0) is 6.07 Å². The normalized spacial score (nSPS) is 11.3. The number of rotatable bonds is 2. The molecule has 0 aromatic carbocycles. The van der Waals surface area contributed by atoms with Crippen molar-refractivity contribution in [2.24, 2.45) is 7.05 Å². The summed E-state index contributed by atoms with van der Waals surface area (Å²) in [5, 5.41) is 0. The van der Waals surface area contributed by atoms with Crippen molar-refractivity contribution in [1.82, 2.24) is 4.57 Å². The van der Waals surface area contributed by atoms with E-state index < -0.39 is 23.5 Å². The fourth-order valence-electron chi connectivity index (χ4n) is 1.16. The van der Waals surface area contributed by atoms with Crippen LogP contribution >= 0.6 is 0 Å². The molecule has 0 saturated carbocycles. The molecule has 0 aliphatic rings. The molecule has 0 aliphatic heterocycles. The first-order valence-electron chi connectivity index (χ1n) is 4.13. The summed E-state index contributed by atoms with van der Waals surface area (Å²) in [5.41, 5.74) is -0.703. The van der Waals surface area contributed by atoms with Gasteiger partial charge in [0.1, 0.15) is 5.69 Å². The highest BCUT2D eigenvalue weighted by molar-refractivity contribution is 6.02. The molecular weight excluding hydrogens is 227 g/mol. The summed E-state index contributed by atoms with van der Waals surface area (Å²) in [6, 6.07) is 0.849. The van der Waals surface area contributed by atoms with E-state index in [1.165, 1.54) is 7.05 Å². The van der Waals surface area contributed by atoms with Gasteiger partial charge in [-0.3, -0.25) is 4.79 Å². The number of hydrogen-bond donors (Lipinski definition) is 0. The number of carbonyl (C=O) groups excluding carboxylic acids is 2. The molecule has 0 bridgehead atoms. The number of aromatic nitrogens is 1. The van der Waals surface area contributed by atoms with Crippen LogP contribution in [0.4, 0.5) is 13.2 Å². The maximum Gasteiger partial charge on any atom is 0.454 e.